The predicted octanol–water partition coefficient (Wildman–Crippen LogP) is 2.77. The number of carbonyl (C=O) groups is 1. The first-order chi connectivity index (χ1) is 11.1. The van der Waals surface area contributed by atoms with Crippen molar-refractivity contribution in [3.05, 3.63) is 59.9 Å². The number of aromatic nitrogens is 1. The third-order valence-electron chi connectivity index (χ3n) is 3.31. The number of hydrogen-bond acceptors (Lipinski definition) is 4. The summed E-state index contributed by atoms with van der Waals surface area (Å²) >= 11 is 0. The summed E-state index contributed by atoms with van der Waals surface area (Å²) in [6, 6.07) is 9.26. The highest BCUT2D eigenvalue weighted by Gasteiger charge is 2.06. The van der Waals surface area contributed by atoms with Crippen molar-refractivity contribution in [3.63, 3.8) is 0 Å². The second-order valence-electron chi connectivity index (χ2n) is 5.03. The number of carbonyl (C=O) groups excluding carboxylic acids is 1. The van der Waals surface area contributed by atoms with E-state index in [-0.39, 0.29) is 5.91 Å². The second kappa shape index (κ2) is 7.98. The molecular weight excluding hydrogens is 292 g/mol. The number of benzene rings is 1. The number of ether oxygens (including phenoxy) is 2. The van der Waals surface area contributed by atoms with Gasteiger partial charge in [0.15, 0.2) is 0 Å². The maximum Gasteiger partial charge on any atom is 0.246 e. The molecule has 0 atom stereocenters. The van der Waals surface area contributed by atoms with Gasteiger partial charge in [-0.3, -0.25) is 9.78 Å². The minimum atomic E-state index is -0.0874. The Balaban J connectivity index is 2.05. The average Bonchev–Trinajstić information content (AvgIpc) is 2.60. The van der Waals surface area contributed by atoms with Crippen molar-refractivity contribution in [2.24, 2.45) is 0 Å². The third kappa shape index (κ3) is 4.85. The standard InChI is InChI=1S/C18H20N2O3/c1-20(13-15-5-4-8-19-12-15)18(21)7-6-14-9-16(22-2)11-17(10-14)23-3/h4-12H,13H2,1-3H3/b7-6+. The Morgan fingerprint density at radius 1 is 1.22 bits per heavy atom. The quantitative estimate of drug-likeness (QED) is 0.770. The van der Waals surface area contributed by atoms with Crippen molar-refractivity contribution >= 4 is 12.0 Å². The van der Waals surface area contributed by atoms with E-state index in [1.54, 1.807) is 50.7 Å². The van der Waals surface area contributed by atoms with Crippen LogP contribution in [0.5, 0.6) is 11.5 Å². The fourth-order valence-corrected chi connectivity index (χ4v) is 2.06. The molecule has 0 aliphatic heterocycles. The summed E-state index contributed by atoms with van der Waals surface area (Å²) in [5.41, 5.74) is 1.82. The molecular formula is C18H20N2O3. The van der Waals surface area contributed by atoms with E-state index >= 15 is 0 Å². The molecule has 2 rings (SSSR count). The zero-order valence-corrected chi connectivity index (χ0v) is 13.5. The van der Waals surface area contributed by atoms with Crippen LogP contribution in [0.1, 0.15) is 11.1 Å². The summed E-state index contributed by atoms with van der Waals surface area (Å²) in [6.07, 6.45) is 6.74. The molecule has 1 amide bonds. The van der Waals surface area contributed by atoms with Crippen LogP contribution in [-0.2, 0) is 11.3 Å². The normalized spacial score (nSPS) is 10.6. The molecule has 23 heavy (non-hydrogen) atoms. The van der Waals surface area contributed by atoms with Gasteiger partial charge in [-0.25, -0.2) is 0 Å². The zero-order valence-electron chi connectivity index (χ0n) is 13.5. The number of rotatable bonds is 6. The van der Waals surface area contributed by atoms with Gasteiger partial charge in [0.05, 0.1) is 14.2 Å². The zero-order chi connectivity index (χ0) is 16.7. The molecule has 120 valence electrons. The first-order valence-electron chi connectivity index (χ1n) is 7.17. The monoisotopic (exact) mass is 312 g/mol. The number of hydrogen-bond donors (Lipinski definition) is 0. The summed E-state index contributed by atoms with van der Waals surface area (Å²) in [5.74, 6) is 1.27. The van der Waals surface area contributed by atoms with E-state index in [1.807, 2.05) is 24.3 Å². The smallest absolute Gasteiger partial charge is 0.246 e. The molecule has 0 fully saturated rings. The van der Waals surface area contributed by atoms with E-state index in [4.69, 9.17) is 9.47 Å². The lowest BCUT2D eigenvalue weighted by Crippen LogP contribution is -2.24. The van der Waals surface area contributed by atoms with Gasteiger partial charge in [-0.05, 0) is 35.4 Å². The largest absolute Gasteiger partial charge is 0.497 e. The van der Waals surface area contributed by atoms with E-state index in [0.29, 0.717) is 18.0 Å². The van der Waals surface area contributed by atoms with Gasteiger partial charge < -0.3 is 14.4 Å². The van der Waals surface area contributed by atoms with Gasteiger partial charge in [-0.15, -0.1) is 0 Å². The maximum atomic E-state index is 12.2. The van der Waals surface area contributed by atoms with Crippen LogP contribution in [-0.4, -0.2) is 37.1 Å². The highest BCUT2D eigenvalue weighted by atomic mass is 16.5. The van der Waals surface area contributed by atoms with Crippen molar-refractivity contribution in [1.29, 1.82) is 0 Å². The Hall–Kier alpha value is -2.82. The van der Waals surface area contributed by atoms with E-state index in [1.165, 1.54) is 6.08 Å². The molecule has 5 nitrogen and oxygen atoms in total. The van der Waals surface area contributed by atoms with Crippen LogP contribution in [0.15, 0.2) is 48.8 Å². The second-order valence-corrected chi connectivity index (χ2v) is 5.03. The molecule has 0 N–H and O–H groups in total. The number of pyridine rings is 1. The molecule has 5 heteroatoms. The lowest BCUT2D eigenvalue weighted by Gasteiger charge is -2.14. The fourth-order valence-electron chi connectivity index (χ4n) is 2.06. The average molecular weight is 312 g/mol. The topological polar surface area (TPSA) is 51.7 Å². The molecule has 0 bridgehead atoms. The summed E-state index contributed by atoms with van der Waals surface area (Å²) in [6.45, 7) is 0.512. The predicted molar refractivity (Wildman–Crippen MR) is 89.3 cm³/mol. The van der Waals surface area contributed by atoms with Crippen molar-refractivity contribution in [3.8, 4) is 11.5 Å². The minimum absolute atomic E-state index is 0.0874. The molecule has 0 radical (unpaired) electrons. The van der Waals surface area contributed by atoms with Crippen molar-refractivity contribution < 1.29 is 14.3 Å². The third-order valence-corrected chi connectivity index (χ3v) is 3.31. The molecule has 2 aromatic rings. The number of methoxy groups -OCH3 is 2. The Bertz CT molecular complexity index is 662. The van der Waals surface area contributed by atoms with Crippen LogP contribution < -0.4 is 9.47 Å². The van der Waals surface area contributed by atoms with Crippen molar-refractivity contribution in [1.82, 2.24) is 9.88 Å². The van der Waals surface area contributed by atoms with E-state index in [9.17, 15) is 4.79 Å². The first-order valence-corrected chi connectivity index (χ1v) is 7.17. The van der Waals surface area contributed by atoms with Crippen LogP contribution in [0.25, 0.3) is 6.08 Å². The molecule has 1 aromatic heterocycles. The number of amides is 1. The van der Waals surface area contributed by atoms with Gasteiger partial charge >= 0.3 is 0 Å². The van der Waals surface area contributed by atoms with Gasteiger partial charge in [0.25, 0.3) is 0 Å². The van der Waals surface area contributed by atoms with Gasteiger partial charge in [0.1, 0.15) is 11.5 Å². The van der Waals surface area contributed by atoms with Crippen molar-refractivity contribution in [2.45, 2.75) is 6.54 Å². The van der Waals surface area contributed by atoms with Gasteiger partial charge in [-0.2, -0.15) is 0 Å². The van der Waals surface area contributed by atoms with Crippen LogP contribution in [0.3, 0.4) is 0 Å². The summed E-state index contributed by atoms with van der Waals surface area (Å²) < 4.78 is 10.4. The van der Waals surface area contributed by atoms with Gasteiger partial charge in [-0.1, -0.05) is 6.07 Å². The molecule has 0 aliphatic rings. The van der Waals surface area contributed by atoms with Crippen LogP contribution in [0.2, 0.25) is 0 Å². The van der Waals surface area contributed by atoms with E-state index in [2.05, 4.69) is 4.98 Å². The Labute approximate surface area is 136 Å². The van der Waals surface area contributed by atoms with Crippen molar-refractivity contribution in [2.75, 3.05) is 21.3 Å². The molecule has 0 saturated carbocycles. The molecule has 0 unspecified atom stereocenters. The Morgan fingerprint density at radius 2 is 1.91 bits per heavy atom. The fraction of sp³-hybridized carbons (Fsp3) is 0.222. The van der Waals surface area contributed by atoms with E-state index < -0.39 is 0 Å². The van der Waals surface area contributed by atoms with Crippen LogP contribution in [0.4, 0.5) is 0 Å². The summed E-state index contributed by atoms with van der Waals surface area (Å²) in [7, 11) is 4.94. The van der Waals surface area contributed by atoms with Gasteiger partial charge in [0, 0.05) is 38.1 Å². The molecule has 1 aromatic carbocycles. The molecule has 0 aliphatic carbocycles. The Morgan fingerprint density at radius 3 is 2.48 bits per heavy atom. The summed E-state index contributed by atoms with van der Waals surface area (Å²) in [4.78, 5) is 17.9. The van der Waals surface area contributed by atoms with Crippen LogP contribution >= 0.6 is 0 Å². The van der Waals surface area contributed by atoms with Crippen LogP contribution in [0, 0.1) is 0 Å². The van der Waals surface area contributed by atoms with E-state index in [0.717, 1.165) is 11.1 Å². The van der Waals surface area contributed by atoms with Gasteiger partial charge in [0.2, 0.25) is 5.91 Å². The Kier molecular flexibility index (Phi) is 5.74. The highest BCUT2D eigenvalue weighted by molar-refractivity contribution is 5.91. The highest BCUT2D eigenvalue weighted by Crippen LogP contribution is 2.23. The number of likely N-dealkylation sites (N-methyl/N-ethyl adjacent to an activating group) is 1. The molecule has 0 saturated heterocycles. The minimum Gasteiger partial charge on any atom is -0.497 e. The lowest BCUT2D eigenvalue weighted by molar-refractivity contribution is -0.125. The molecule has 0 spiro atoms. The SMILES string of the molecule is COc1cc(/C=C/C(=O)N(C)Cc2cccnc2)cc(OC)c1. The number of nitrogens with zero attached hydrogens (tertiary/aromatic N) is 2. The lowest BCUT2D eigenvalue weighted by atomic mass is 10.2. The maximum absolute atomic E-state index is 12.2. The molecule has 1 heterocycles. The first kappa shape index (κ1) is 16.5. The summed E-state index contributed by atoms with van der Waals surface area (Å²) in [5, 5.41) is 0.